The van der Waals surface area contributed by atoms with Crippen LogP contribution in [0.4, 0.5) is 13.2 Å². The molecular weight excluding hydrogens is 892 g/mol. The van der Waals surface area contributed by atoms with Crippen LogP contribution in [0.1, 0.15) is 5.56 Å². The first-order valence-corrected chi connectivity index (χ1v) is 24.0. The molecule has 342 valence electrons. The van der Waals surface area contributed by atoms with Crippen LogP contribution in [-0.2, 0) is 6.18 Å². The van der Waals surface area contributed by atoms with Crippen LogP contribution in [0.2, 0.25) is 0 Å². The van der Waals surface area contributed by atoms with E-state index in [0.717, 1.165) is 93.7 Å². The van der Waals surface area contributed by atoms with Gasteiger partial charge in [0.2, 0.25) is 0 Å². The van der Waals surface area contributed by atoms with Gasteiger partial charge in [0.25, 0.3) is 0 Å². The summed E-state index contributed by atoms with van der Waals surface area (Å²) in [4.78, 5) is 5.42. The van der Waals surface area contributed by atoms with E-state index in [9.17, 15) is 0 Å². The molecule has 0 fully saturated rings. The quantitative estimate of drug-likeness (QED) is 0.149. The van der Waals surface area contributed by atoms with Gasteiger partial charge in [0, 0.05) is 32.7 Å². The minimum absolute atomic E-state index is 0.349. The monoisotopic (exact) mass is 933 g/mol. The number of rotatable bonds is 8. The largest absolute Gasteiger partial charge is 0.416 e. The highest BCUT2D eigenvalue weighted by molar-refractivity contribution is 6.14. The zero-order chi connectivity index (χ0) is 48.3. The molecule has 0 saturated heterocycles. The highest BCUT2D eigenvalue weighted by atomic mass is 19.4. The van der Waals surface area contributed by atoms with Gasteiger partial charge in [-0.05, 0) is 93.0 Å². The highest BCUT2D eigenvalue weighted by Gasteiger charge is 2.35. The summed E-state index contributed by atoms with van der Waals surface area (Å²) >= 11 is 0. The molecule has 3 heterocycles. The number of pyridine rings is 1. The summed E-state index contributed by atoms with van der Waals surface area (Å²) in [5.74, 6) is 0. The van der Waals surface area contributed by atoms with Gasteiger partial charge in [0.15, 0.2) is 0 Å². The lowest BCUT2D eigenvalue weighted by Gasteiger charge is -2.23. The van der Waals surface area contributed by atoms with E-state index in [1.165, 1.54) is 12.1 Å². The molecule has 0 unspecified atom stereocenters. The fourth-order valence-corrected chi connectivity index (χ4v) is 10.5. The van der Waals surface area contributed by atoms with Crippen LogP contribution in [0.3, 0.4) is 0 Å². The number of alkyl halides is 3. The van der Waals surface area contributed by atoms with Gasteiger partial charge in [-0.25, -0.2) is 4.98 Å². The molecule has 0 aliphatic rings. The van der Waals surface area contributed by atoms with Crippen molar-refractivity contribution >= 4 is 43.6 Å². The van der Waals surface area contributed by atoms with Crippen molar-refractivity contribution in [2.24, 2.45) is 0 Å². The molecule has 0 aliphatic heterocycles. The maximum Gasteiger partial charge on any atom is 0.416 e. The Morgan fingerprint density at radius 1 is 0.278 bits per heavy atom. The Bertz CT molecular complexity index is 3750. The third-order valence-corrected chi connectivity index (χ3v) is 13.9. The van der Waals surface area contributed by atoms with Gasteiger partial charge < -0.3 is 9.13 Å². The average Bonchev–Trinajstić information content (AvgIpc) is 3.94. The fourth-order valence-electron chi connectivity index (χ4n) is 10.5. The summed E-state index contributed by atoms with van der Waals surface area (Å²) in [7, 11) is 0. The Morgan fingerprint density at radius 3 is 0.903 bits per heavy atom. The van der Waals surface area contributed by atoms with Crippen LogP contribution in [0.25, 0.3) is 122 Å². The van der Waals surface area contributed by atoms with Crippen LogP contribution >= 0.6 is 0 Å². The van der Waals surface area contributed by atoms with Gasteiger partial charge in [-0.2, -0.15) is 13.2 Å². The molecule has 0 saturated carbocycles. The van der Waals surface area contributed by atoms with Crippen LogP contribution < -0.4 is 0 Å². The zero-order valence-electron chi connectivity index (χ0n) is 38.7. The minimum atomic E-state index is -4.74. The molecule has 0 bridgehead atoms. The van der Waals surface area contributed by atoms with E-state index < -0.39 is 11.7 Å². The van der Waals surface area contributed by atoms with Crippen LogP contribution in [-0.4, -0.2) is 14.1 Å². The van der Waals surface area contributed by atoms with E-state index in [1.54, 1.807) is 0 Å². The summed E-state index contributed by atoms with van der Waals surface area (Å²) < 4.78 is 52.7. The highest BCUT2D eigenvalue weighted by Crippen LogP contribution is 2.47. The first kappa shape index (κ1) is 42.8. The van der Waals surface area contributed by atoms with E-state index >= 15 is 13.2 Å². The molecule has 13 aromatic rings. The Hall–Kier alpha value is -9.26. The smallest absolute Gasteiger partial charge is 0.308 e. The topological polar surface area (TPSA) is 22.8 Å². The van der Waals surface area contributed by atoms with E-state index in [4.69, 9.17) is 4.98 Å². The van der Waals surface area contributed by atoms with Crippen molar-refractivity contribution in [2.45, 2.75) is 6.18 Å². The molecule has 0 amide bonds. The van der Waals surface area contributed by atoms with Gasteiger partial charge >= 0.3 is 6.18 Å². The Balaban J connectivity index is 1.22. The lowest BCUT2D eigenvalue weighted by molar-refractivity contribution is -0.137. The van der Waals surface area contributed by atoms with Crippen molar-refractivity contribution in [3.8, 4) is 78.4 Å². The lowest BCUT2D eigenvalue weighted by atomic mass is 9.99. The molecule has 0 spiro atoms. The molecule has 10 aromatic carbocycles. The summed E-state index contributed by atoms with van der Waals surface area (Å²) in [6.07, 6.45) is -4.74. The molecule has 0 radical (unpaired) electrons. The molecule has 3 aromatic heterocycles. The van der Waals surface area contributed by atoms with Crippen LogP contribution in [0.5, 0.6) is 0 Å². The predicted octanol–water partition coefficient (Wildman–Crippen LogP) is 18.3. The van der Waals surface area contributed by atoms with Gasteiger partial charge in [0.05, 0.1) is 50.4 Å². The zero-order valence-corrected chi connectivity index (χ0v) is 38.7. The van der Waals surface area contributed by atoms with E-state index in [1.807, 2.05) is 130 Å². The maximum absolute atomic E-state index is 16.2. The summed E-state index contributed by atoms with van der Waals surface area (Å²) in [6, 6.07) is 84.1. The van der Waals surface area contributed by atoms with Crippen LogP contribution in [0, 0.1) is 0 Å². The molecule has 13 rings (SSSR count). The average molecular weight is 934 g/mol. The van der Waals surface area contributed by atoms with Crippen molar-refractivity contribution < 1.29 is 13.2 Å². The summed E-state index contributed by atoms with van der Waals surface area (Å²) in [5.41, 5.74) is 13.4. The second kappa shape index (κ2) is 17.3. The molecule has 6 heteroatoms. The number of hydrogen-bond acceptors (Lipinski definition) is 1. The number of benzene rings is 10. The second-order valence-corrected chi connectivity index (χ2v) is 18.2. The normalized spacial score (nSPS) is 11.8. The first-order chi connectivity index (χ1) is 35.3. The molecule has 72 heavy (non-hydrogen) atoms. The van der Waals surface area contributed by atoms with Gasteiger partial charge in [-0.15, -0.1) is 0 Å². The van der Waals surface area contributed by atoms with Gasteiger partial charge in [-0.3, -0.25) is 0 Å². The van der Waals surface area contributed by atoms with Gasteiger partial charge in [-0.1, -0.05) is 206 Å². The molecular formula is C66H42F3N3. The number of aromatic nitrogens is 3. The van der Waals surface area contributed by atoms with Gasteiger partial charge in [0.1, 0.15) is 0 Å². The lowest BCUT2D eigenvalue weighted by Crippen LogP contribution is -2.11. The number of hydrogen-bond donors (Lipinski definition) is 0. The third-order valence-electron chi connectivity index (χ3n) is 13.9. The van der Waals surface area contributed by atoms with Crippen molar-refractivity contribution in [3.05, 3.63) is 260 Å². The Labute approximate surface area is 414 Å². The Kier molecular flexibility index (Phi) is 10.3. The second-order valence-electron chi connectivity index (χ2n) is 18.2. The molecule has 0 atom stereocenters. The number of fused-ring (bicyclic) bond motifs is 6. The number of halogens is 3. The fraction of sp³-hybridized carbons (Fsp3) is 0.0152. The van der Waals surface area contributed by atoms with E-state index in [0.29, 0.717) is 28.3 Å². The van der Waals surface area contributed by atoms with Crippen molar-refractivity contribution in [1.82, 2.24) is 14.1 Å². The summed E-state index contributed by atoms with van der Waals surface area (Å²) in [6.45, 7) is 0. The third kappa shape index (κ3) is 7.44. The Morgan fingerprint density at radius 2 is 0.583 bits per heavy atom. The molecule has 0 aliphatic carbocycles. The van der Waals surface area contributed by atoms with Crippen LogP contribution in [0.15, 0.2) is 255 Å². The minimum Gasteiger partial charge on any atom is -0.308 e. The SMILES string of the molecule is FC(F)(F)c1cc(-n2c3cc(-c4ccccc4)ccc3c3ccc(-c4ccccc4)cc32)c(-c2cccc(-c3ccccc3)n2)c(-n2c3cc(-c4ccccc4)ccc3c3ccc(-c4ccccc4)cc32)c1. The number of nitrogens with zero attached hydrogens (tertiary/aromatic N) is 3. The van der Waals surface area contributed by atoms with Crippen molar-refractivity contribution in [1.29, 1.82) is 0 Å². The van der Waals surface area contributed by atoms with Crippen molar-refractivity contribution in [3.63, 3.8) is 0 Å². The van der Waals surface area contributed by atoms with E-state index in [-0.39, 0.29) is 0 Å². The molecule has 0 N–H and O–H groups in total. The predicted molar refractivity (Wildman–Crippen MR) is 291 cm³/mol. The maximum atomic E-state index is 16.2. The van der Waals surface area contributed by atoms with Crippen molar-refractivity contribution in [2.75, 3.05) is 0 Å². The first-order valence-electron chi connectivity index (χ1n) is 24.0. The standard InChI is InChI=1S/C66H42F3N3/c67-66(68,69)52-41-63(71-59-37-48(43-17-6-1-7-18-43)29-33-53(59)54-34-30-49(38-60(54)71)44-19-8-2-9-20-44)65(58-28-16-27-57(70-58)47-25-14-5-15-26-47)64(42-52)72-61-39-50(45-21-10-3-11-22-45)31-35-55(61)56-36-32-51(40-62(56)72)46-23-12-4-13-24-46/h1-42H. The molecule has 3 nitrogen and oxygen atoms in total. The summed E-state index contributed by atoms with van der Waals surface area (Å²) in [5, 5.41) is 3.66. The van der Waals surface area contributed by atoms with E-state index in [2.05, 4.69) is 121 Å².